The number of nitrogens with one attached hydrogen (secondary N) is 1. The average Bonchev–Trinajstić information content (AvgIpc) is 2.37. The summed E-state index contributed by atoms with van der Waals surface area (Å²) in [5.74, 6) is 1.48. The van der Waals surface area contributed by atoms with Crippen molar-refractivity contribution in [2.45, 2.75) is 45.1 Å². The fourth-order valence-corrected chi connectivity index (χ4v) is 3.13. The van der Waals surface area contributed by atoms with Crippen molar-refractivity contribution in [3.8, 4) is 0 Å². The van der Waals surface area contributed by atoms with Crippen LogP contribution >= 0.6 is 0 Å². The van der Waals surface area contributed by atoms with E-state index in [2.05, 4.69) is 55.3 Å². The Hall–Kier alpha value is -1.41. The molecule has 1 aliphatic carbocycles. The molecular weight excluding hydrogens is 244 g/mol. The van der Waals surface area contributed by atoms with Crippen molar-refractivity contribution in [2.24, 2.45) is 5.92 Å². The molecule has 106 valence electrons. The standard InChI is InChI=1S/C18H24N2/c1-18(2,3)20-12-14-7-8-15(14)17-6-4-5-13-11-19-10-9-16(13)17/h4-6,9-11,14-15,20H,7-8,12H2,1-3H3. The first-order valence-electron chi connectivity index (χ1n) is 7.62. The third kappa shape index (κ3) is 2.71. The molecule has 1 aromatic carbocycles. The summed E-state index contributed by atoms with van der Waals surface area (Å²) in [6, 6.07) is 8.80. The number of fused-ring (bicyclic) bond motifs is 1. The molecule has 1 aromatic heterocycles. The van der Waals surface area contributed by atoms with Crippen LogP contribution in [-0.4, -0.2) is 17.1 Å². The zero-order chi connectivity index (χ0) is 14.2. The van der Waals surface area contributed by atoms with Gasteiger partial charge in [-0.15, -0.1) is 0 Å². The minimum absolute atomic E-state index is 0.211. The summed E-state index contributed by atoms with van der Waals surface area (Å²) >= 11 is 0. The summed E-state index contributed by atoms with van der Waals surface area (Å²) in [4.78, 5) is 4.23. The van der Waals surface area contributed by atoms with Gasteiger partial charge in [-0.05, 0) is 69.0 Å². The van der Waals surface area contributed by atoms with E-state index >= 15 is 0 Å². The van der Waals surface area contributed by atoms with Crippen LogP contribution < -0.4 is 5.32 Å². The van der Waals surface area contributed by atoms with Crippen molar-refractivity contribution >= 4 is 10.8 Å². The largest absolute Gasteiger partial charge is 0.312 e. The highest BCUT2D eigenvalue weighted by Gasteiger charge is 2.33. The highest BCUT2D eigenvalue weighted by atomic mass is 14.9. The topological polar surface area (TPSA) is 24.9 Å². The molecule has 0 saturated heterocycles. The summed E-state index contributed by atoms with van der Waals surface area (Å²) in [5.41, 5.74) is 1.72. The van der Waals surface area contributed by atoms with E-state index in [4.69, 9.17) is 0 Å². The van der Waals surface area contributed by atoms with Crippen LogP contribution in [0.15, 0.2) is 36.7 Å². The second-order valence-corrected chi connectivity index (χ2v) is 7.02. The summed E-state index contributed by atoms with van der Waals surface area (Å²) in [5, 5.41) is 6.30. The molecule has 0 spiro atoms. The predicted octanol–water partition coefficient (Wildman–Crippen LogP) is 4.12. The van der Waals surface area contributed by atoms with Gasteiger partial charge in [0.15, 0.2) is 0 Å². The summed E-state index contributed by atoms with van der Waals surface area (Å²) in [6.07, 6.45) is 6.54. The van der Waals surface area contributed by atoms with Crippen LogP contribution in [0.2, 0.25) is 0 Å². The van der Waals surface area contributed by atoms with Crippen molar-refractivity contribution in [1.82, 2.24) is 10.3 Å². The van der Waals surface area contributed by atoms with Crippen molar-refractivity contribution in [3.05, 3.63) is 42.2 Å². The van der Waals surface area contributed by atoms with Gasteiger partial charge in [0.1, 0.15) is 0 Å². The molecule has 2 unspecified atom stereocenters. The molecule has 1 saturated carbocycles. The van der Waals surface area contributed by atoms with E-state index in [0.29, 0.717) is 5.92 Å². The SMILES string of the molecule is CC(C)(C)NCC1CCC1c1cccc2cnccc12. The number of benzene rings is 1. The molecule has 0 aliphatic heterocycles. The van der Waals surface area contributed by atoms with Crippen molar-refractivity contribution in [1.29, 1.82) is 0 Å². The van der Waals surface area contributed by atoms with Gasteiger partial charge < -0.3 is 5.32 Å². The van der Waals surface area contributed by atoms with Crippen LogP contribution in [0.5, 0.6) is 0 Å². The number of nitrogens with zero attached hydrogens (tertiary/aromatic N) is 1. The van der Waals surface area contributed by atoms with Gasteiger partial charge in [0.05, 0.1) is 0 Å². The normalized spacial score (nSPS) is 22.8. The van der Waals surface area contributed by atoms with Gasteiger partial charge in [0.25, 0.3) is 0 Å². The van der Waals surface area contributed by atoms with Gasteiger partial charge in [-0.2, -0.15) is 0 Å². The fourth-order valence-electron chi connectivity index (χ4n) is 3.13. The summed E-state index contributed by atoms with van der Waals surface area (Å²) < 4.78 is 0. The molecule has 0 radical (unpaired) electrons. The first-order chi connectivity index (χ1) is 9.54. The van der Waals surface area contributed by atoms with Crippen LogP contribution in [-0.2, 0) is 0 Å². The van der Waals surface area contributed by atoms with Gasteiger partial charge in [0, 0.05) is 23.3 Å². The molecule has 0 bridgehead atoms. The first kappa shape index (κ1) is 13.6. The molecule has 2 nitrogen and oxygen atoms in total. The number of hydrogen-bond acceptors (Lipinski definition) is 2. The third-order valence-corrected chi connectivity index (χ3v) is 4.43. The maximum Gasteiger partial charge on any atom is 0.0346 e. The molecule has 2 heteroatoms. The maximum atomic E-state index is 4.23. The molecule has 0 amide bonds. The van der Waals surface area contributed by atoms with Gasteiger partial charge in [-0.1, -0.05) is 18.2 Å². The van der Waals surface area contributed by atoms with E-state index in [-0.39, 0.29) is 5.54 Å². The molecule has 1 N–H and O–H groups in total. The predicted molar refractivity (Wildman–Crippen MR) is 85.0 cm³/mol. The monoisotopic (exact) mass is 268 g/mol. The Kier molecular flexibility index (Phi) is 3.51. The lowest BCUT2D eigenvalue weighted by Gasteiger charge is -2.39. The van der Waals surface area contributed by atoms with E-state index in [1.807, 2.05) is 12.4 Å². The Balaban J connectivity index is 1.81. The number of pyridine rings is 1. The Morgan fingerprint density at radius 3 is 2.75 bits per heavy atom. The molecule has 1 fully saturated rings. The Morgan fingerprint density at radius 2 is 2.05 bits per heavy atom. The minimum atomic E-state index is 0.211. The highest BCUT2D eigenvalue weighted by Crippen LogP contribution is 2.44. The van der Waals surface area contributed by atoms with E-state index in [1.165, 1.54) is 29.2 Å². The first-order valence-corrected chi connectivity index (χ1v) is 7.62. The molecule has 20 heavy (non-hydrogen) atoms. The molecule has 2 aromatic rings. The summed E-state index contributed by atoms with van der Waals surface area (Å²) in [6.45, 7) is 7.84. The lowest BCUT2D eigenvalue weighted by Crippen LogP contribution is -2.43. The van der Waals surface area contributed by atoms with E-state index in [0.717, 1.165) is 12.5 Å². The van der Waals surface area contributed by atoms with Gasteiger partial charge in [-0.25, -0.2) is 0 Å². The van der Waals surface area contributed by atoms with E-state index < -0.39 is 0 Å². The molecule has 1 heterocycles. The van der Waals surface area contributed by atoms with Crippen molar-refractivity contribution < 1.29 is 0 Å². The lowest BCUT2D eigenvalue weighted by molar-refractivity contribution is 0.227. The number of rotatable bonds is 3. The number of aromatic nitrogens is 1. The average molecular weight is 268 g/mol. The van der Waals surface area contributed by atoms with Crippen molar-refractivity contribution in [2.75, 3.05) is 6.54 Å². The molecule has 1 aliphatic rings. The van der Waals surface area contributed by atoms with E-state index in [1.54, 1.807) is 0 Å². The van der Waals surface area contributed by atoms with Crippen LogP contribution in [0.1, 0.15) is 45.1 Å². The van der Waals surface area contributed by atoms with Crippen LogP contribution in [0.4, 0.5) is 0 Å². The molecular formula is C18H24N2. The Morgan fingerprint density at radius 1 is 1.20 bits per heavy atom. The van der Waals surface area contributed by atoms with Gasteiger partial charge >= 0.3 is 0 Å². The maximum absolute atomic E-state index is 4.23. The zero-order valence-electron chi connectivity index (χ0n) is 12.7. The summed E-state index contributed by atoms with van der Waals surface area (Å²) in [7, 11) is 0. The van der Waals surface area contributed by atoms with Gasteiger partial charge in [0.2, 0.25) is 0 Å². The minimum Gasteiger partial charge on any atom is -0.312 e. The second kappa shape index (κ2) is 5.17. The quantitative estimate of drug-likeness (QED) is 0.906. The van der Waals surface area contributed by atoms with Crippen molar-refractivity contribution in [3.63, 3.8) is 0 Å². The molecule has 3 rings (SSSR count). The smallest absolute Gasteiger partial charge is 0.0346 e. The number of hydrogen-bond donors (Lipinski definition) is 1. The van der Waals surface area contributed by atoms with Gasteiger partial charge in [-0.3, -0.25) is 4.98 Å². The fraction of sp³-hybridized carbons (Fsp3) is 0.500. The Bertz CT molecular complexity index is 592. The highest BCUT2D eigenvalue weighted by molar-refractivity contribution is 5.85. The second-order valence-electron chi connectivity index (χ2n) is 7.02. The Labute approximate surface area is 121 Å². The van der Waals surface area contributed by atoms with Crippen LogP contribution in [0.25, 0.3) is 10.8 Å². The van der Waals surface area contributed by atoms with Crippen LogP contribution in [0.3, 0.4) is 0 Å². The molecule has 2 atom stereocenters. The lowest BCUT2D eigenvalue weighted by atomic mass is 9.69. The van der Waals surface area contributed by atoms with E-state index in [9.17, 15) is 0 Å². The third-order valence-electron chi connectivity index (χ3n) is 4.43. The zero-order valence-corrected chi connectivity index (χ0v) is 12.7. The van der Waals surface area contributed by atoms with Crippen LogP contribution in [0, 0.1) is 5.92 Å².